The standard InChI is InChI=1S/C12H9Br2FN2O2S/c13-7-1-2-11(14)12(3-7)17-20(18,19)10-5-8(15)4-9(16)6-10/h1-6,17H,16H2. The Labute approximate surface area is 132 Å². The minimum atomic E-state index is -3.92. The van der Waals surface area contributed by atoms with Crippen LogP contribution in [0.3, 0.4) is 0 Å². The molecule has 0 spiro atoms. The molecule has 0 aliphatic carbocycles. The van der Waals surface area contributed by atoms with Gasteiger partial charge in [-0.25, -0.2) is 12.8 Å². The highest BCUT2D eigenvalue weighted by molar-refractivity contribution is 9.11. The summed E-state index contributed by atoms with van der Waals surface area (Å²) in [7, 11) is -3.92. The maximum absolute atomic E-state index is 13.3. The van der Waals surface area contributed by atoms with Crippen LogP contribution in [0.4, 0.5) is 15.8 Å². The maximum Gasteiger partial charge on any atom is 0.262 e. The number of nitrogen functional groups attached to an aromatic ring is 1. The molecule has 2 rings (SSSR count). The quantitative estimate of drug-likeness (QED) is 0.738. The lowest BCUT2D eigenvalue weighted by Crippen LogP contribution is -2.14. The average molecular weight is 424 g/mol. The number of nitrogens with two attached hydrogens (primary N) is 1. The van der Waals surface area contributed by atoms with E-state index in [1.165, 1.54) is 6.07 Å². The Morgan fingerprint density at radius 3 is 2.45 bits per heavy atom. The lowest BCUT2D eigenvalue weighted by atomic mass is 10.3. The summed E-state index contributed by atoms with van der Waals surface area (Å²) in [6.07, 6.45) is 0. The first-order chi connectivity index (χ1) is 9.28. The normalized spacial score (nSPS) is 11.3. The molecule has 0 aromatic heterocycles. The van der Waals surface area contributed by atoms with Crippen molar-refractivity contribution in [3.63, 3.8) is 0 Å². The Bertz CT molecular complexity index is 746. The number of halogens is 3. The summed E-state index contributed by atoms with van der Waals surface area (Å²) in [6, 6.07) is 8.17. The van der Waals surface area contributed by atoms with E-state index in [2.05, 4.69) is 36.6 Å². The zero-order valence-electron chi connectivity index (χ0n) is 9.90. The Morgan fingerprint density at radius 1 is 1.10 bits per heavy atom. The summed E-state index contributed by atoms with van der Waals surface area (Å²) in [5, 5.41) is 0. The molecule has 2 aromatic rings. The first-order valence-electron chi connectivity index (χ1n) is 5.32. The smallest absolute Gasteiger partial charge is 0.262 e. The molecule has 0 unspecified atom stereocenters. The van der Waals surface area contributed by atoms with Gasteiger partial charge in [0.25, 0.3) is 10.0 Å². The SMILES string of the molecule is Nc1cc(F)cc(S(=O)(=O)Nc2cc(Br)ccc2Br)c1. The van der Waals surface area contributed by atoms with Crippen molar-refractivity contribution < 1.29 is 12.8 Å². The minimum Gasteiger partial charge on any atom is -0.399 e. The van der Waals surface area contributed by atoms with E-state index < -0.39 is 15.8 Å². The van der Waals surface area contributed by atoms with Crippen LogP contribution < -0.4 is 10.5 Å². The molecule has 0 bridgehead atoms. The second kappa shape index (κ2) is 5.71. The van der Waals surface area contributed by atoms with Gasteiger partial charge in [-0.3, -0.25) is 4.72 Å². The second-order valence-electron chi connectivity index (χ2n) is 3.95. The summed E-state index contributed by atoms with van der Waals surface area (Å²) in [5.41, 5.74) is 5.83. The van der Waals surface area contributed by atoms with Crippen molar-refractivity contribution in [2.45, 2.75) is 4.90 Å². The van der Waals surface area contributed by atoms with Crippen molar-refractivity contribution >= 4 is 53.3 Å². The Hall–Kier alpha value is -1.12. The van der Waals surface area contributed by atoms with E-state index in [1.807, 2.05) is 0 Å². The average Bonchev–Trinajstić information content (AvgIpc) is 2.32. The number of benzene rings is 2. The predicted molar refractivity (Wildman–Crippen MR) is 83.5 cm³/mol. The van der Waals surface area contributed by atoms with Crippen molar-refractivity contribution in [1.29, 1.82) is 0 Å². The number of rotatable bonds is 3. The van der Waals surface area contributed by atoms with Crippen molar-refractivity contribution in [2.75, 3.05) is 10.5 Å². The van der Waals surface area contributed by atoms with Crippen molar-refractivity contribution in [2.24, 2.45) is 0 Å². The van der Waals surface area contributed by atoms with E-state index in [4.69, 9.17) is 5.73 Å². The molecular formula is C12H9Br2FN2O2S. The van der Waals surface area contributed by atoms with Gasteiger partial charge >= 0.3 is 0 Å². The zero-order valence-corrected chi connectivity index (χ0v) is 13.9. The fraction of sp³-hybridized carbons (Fsp3) is 0. The molecule has 0 saturated heterocycles. The van der Waals surface area contributed by atoms with Gasteiger partial charge in [0.05, 0.1) is 10.6 Å². The topological polar surface area (TPSA) is 72.2 Å². The molecular weight excluding hydrogens is 415 g/mol. The van der Waals surface area contributed by atoms with Crippen LogP contribution in [0.2, 0.25) is 0 Å². The molecule has 0 heterocycles. The van der Waals surface area contributed by atoms with E-state index in [0.29, 0.717) is 14.6 Å². The van der Waals surface area contributed by atoms with Gasteiger partial charge in [0.1, 0.15) is 5.82 Å². The lowest BCUT2D eigenvalue weighted by Gasteiger charge is -2.11. The molecule has 2 aromatic carbocycles. The number of hydrogen-bond donors (Lipinski definition) is 2. The highest BCUT2D eigenvalue weighted by Crippen LogP contribution is 2.28. The monoisotopic (exact) mass is 422 g/mol. The third kappa shape index (κ3) is 3.50. The third-order valence-electron chi connectivity index (χ3n) is 2.38. The van der Waals surface area contributed by atoms with Crippen LogP contribution in [0, 0.1) is 5.82 Å². The molecule has 0 atom stereocenters. The van der Waals surface area contributed by atoms with Crippen LogP contribution >= 0.6 is 31.9 Å². The highest BCUT2D eigenvalue weighted by atomic mass is 79.9. The van der Waals surface area contributed by atoms with Crippen molar-refractivity contribution in [3.8, 4) is 0 Å². The summed E-state index contributed by atoms with van der Waals surface area (Å²) in [6.45, 7) is 0. The fourth-order valence-corrected chi connectivity index (χ4v) is 3.49. The Balaban J connectivity index is 2.43. The van der Waals surface area contributed by atoms with Gasteiger partial charge in [-0.15, -0.1) is 0 Å². The molecule has 8 heteroatoms. The van der Waals surface area contributed by atoms with Crippen LogP contribution in [0.1, 0.15) is 0 Å². The highest BCUT2D eigenvalue weighted by Gasteiger charge is 2.17. The number of nitrogens with one attached hydrogen (secondary N) is 1. The van der Waals surface area contributed by atoms with Gasteiger partial charge < -0.3 is 5.73 Å². The molecule has 4 nitrogen and oxygen atoms in total. The summed E-state index contributed by atoms with van der Waals surface area (Å²) < 4.78 is 41.3. The minimum absolute atomic E-state index is 0.0404. The first kappa shape index (κ1) is 15.3. The molecule has 0 amide bonds. The molecule has 0 aliphatic heterocycles. The van der Waals surface area contributed by atoms with Crippen LogP contribution in [-0.4, -0.2) is 8.42 Å². The van der Waals surface area contributed by atoms with Crippen LogP contribution in [0.25, 0.3) is 0 Å². The largest absolute Gasteiger partial charge is 0.399 e. The zero-order chi connectivity index (χ0) is 14.9. The van der Waals surface area contributed by atoms with E-state index in [-0.39, 0.29) is 10.6 Å². The molecule has 20 heavy (non-hydrogen) atoms. The molecule has 3 N–H and O–H groups in total. The number of sulfonamides is 1. The fourth-order valence-electron chi connectivity index (χ4n) is 1.52. The molecule has 0 fully saturated rings. The molecule has 106 valence electrons. The number of anilines is 2. The second-order valence-corrected chi connectivity index (χ2v) is 7.40. The van der Waals surface area contributed by atoms with Crippen LogP contribution in [-0.2, 0) is 10.0 Å². The van der Waals surface area contributed by atoms with E-state index in [1.54, 1.807) is 18.2 Å². The summed E-state index contributed by atoms with van der Waals surface area (Å²) in [4.78, 5) is -0.234. The van der Waals surface area contributed by atoms with Gasteiger partial charge in [-0.05, 0) is 52.3 Å². The van der Waals surface area contributed by atoms with Crippen LogP contribution in [0.5, 0.6) is 0 Å². The van der Waals surface area contributed by atoms with Gasteiger partial charge in [-0.1, -0.05) is 15.9 Å². The predicted octanol–water partition coefficient (Wildman–Crippen LogP) is 3.73. The van der Waals surface area contributed by atoms with Crippen LogP contribution in [0.15, 0.2) is 50.2 Å². The van der Waals surface area contributed by atoms with Gasteiger partial charge in [0.15, 0.2) is 0 Å². The van der Waals surface area contributed by atoms with E-state index in [9.17, 15) is 12.8 Å². The third-order valence-corrected chi connectivity index (χ3v) is 4.91. The van der Waals surface area contributed by atoms with E-state index >= 15 is 0 Å². The maximum atomic E-state index is 13.3. The Kier molecular flexibility index (Phi) is 4.36. The van der Waals surface area contributed by atoms with Crippen molar-refractivity contribution in [3.05, 3.63) is 51.2 Å². The van der Waals surface area contributed by atoms with E-state index in [0.717, 1.165) is 12.1 Å². The molecule has 0 aliphatic rings. The first-order valence-corrected chi connectivity index (χ1v) is 8.39. The van der Waals surface area contributed by atoms with Gasteiger partial charge in [0.2, 0.25) is 0 Å². The van der Waals surface area contributed by atoms with Gasteiger partial charge in [-0.2, -0.15) is 0 Å². The van der Waals surface area contributed by atoms with Crippen molar-refractivity contribution in [1.82, 2.24) is 0 Å². The van der Waals surface area contributed by atoms with Gasteiger partial charge in [0, 0.05) is 14.6 Å². The molecule has 0 radical (unpaired) electrons. The Morgan fingerprint density at radius 2 is 1.80 bits per heavy atom. The molecule has 0 saturated carbocycles. The lowest BCUT2D eigenvalue weighted by molar-refractivity contribution is 0.595. The number of hydrogen-bond acceptors (Lipinski definition) is 3. The summed E-state index contributed by atoms with van der Waals surface area (Å²) in [5.74, 6) is -0.710. The summed E-state index contributed by atoms with van der Waals surface area (Å²) >= 11 is 6.49.